The number of hydrogen-bond acceptors (Lipinski definition) is 8. The molecule has 0 aromatic carbocycles. The molecule has 0 bridgehead atoms. The molecule has 362 valence electrons. The van der Waals surface area contributed by atoms with E-state index < -0.39 is 45.1 Å². The number of phosphoric ester groups is 1. The van der Waals surface area contributed by atoms with Gasteiger partial charge in [-0.25, -0.2) is 4.57 Å². The van der Waals surface area contributed by atoms with E-state index in [1.54, 1.807) is 0 Å². The SMILES string of the molecule is CC/C=C\C/C=C\C/C=C\C/C=C\C/C=C\CCCCCCCCCC(=O)OC(COCCCCCCCCCC/C=C\C/C=C\CCCCC)COP(=O)(O)OCC(N)C(=O)O. The second kappa shape index (κ2) is 47.1. The summed E-state index contributed by atoms with van der Waals surface area (Å²) in [6, 6.07) is -1.48. The van der Waals surface area contributed by atoms with Crippen molar-refractivity contribution in [3.63, 3.8) is 0 Å². The van der Waals surface area contributed by atoms with Gasteiger partial charge in [-0.1, -0.05) is 182 Å². The topological polar surface area (TPSA) is 155 Å². The normalized spacial score (nSPS) is 14.5. The number of carboxylic acids is 1. The van der Waals surface area contributed by atoms with Crippen molar-refractivity contribution in [2.75, 3.05) is 26.4 Å². The van der Waals surface area contributed by atoms with E-state index in [1.165, 1.54) is 77.0 Å². The van der Waals surface area contributed by atoms with Gasteiger partial charge in [0.15, 0.2) is 0 Å². The Balaban J connectivity index is 4.22. The first kappa shape index (κ1) is 60.2. The lowest BCUT2D eigenvalue weighted by atomic mass is 10.1. The third-order valence-corrected chi connectivity index (χ3v) is 11.1. The second-order valence-electron chi connectivity index (χ2n) is 16.2. The highest BCUT2D eigenvalue weighted by Crippen LogP contribution is 2.43. The van der Waals surface area contributed by atoms with Crippen LogP contribution in [0.5, 0.6) is 0 Å². The van der Waals surface area contributed by atoms with Crippen molar-refractivity contribution in [2.24, 2.45) is 5.73 Å². The Morgan fingerprint density at radius 2 is 0.921 bits per heavy atom. The minimum Gasteiger partial charge on any atom is -0.480 e. The molecular formula is C52H90NO9P. The summed E-state index contributed by atoms with van der Waals surface area (Å²) in [4.78, 5) is 33.7. The highest BCUT2D eigenvalue weighted by atomic mass is 31.2. The molecule has 0 saturated carbocycles. The zero-order valence-corrected chi connectivity index (χ0v) is 40.5. The first-order valence-electron chi connectivity index (χ1n) is 24.6. The molecular weight excluding hydrogens is 814 g/mol. The molecule has 0 radical (unpaired) electrons. The largest absolute Gasteiger partial charge is 0.480 e. The number of nitrogens with two attached hydrogens (primary N) is 1. The highest BCUT2D eigenvalue weighted by Gasteiger charge is 2.27. The summed E-state index contributed by atoms with van der Waals surface area (Å²) in [5.41, 5.74) is 5.37. The van der Waals surface area contributed by atoms with Gasteiger partial charge in [0, 0.05) is 13.0 Å². The molecule has 0 aliphatic rings. The Morgan fingerprint density at radius 1 is 0.524 bits per heavy atom. The van der Waals surface area contributed by atoms with E-state index in [4.69, 9.17) is 29.4 Å². The van der Waals surface area contributed by atoms with Gasteiger partial charge >= 0.3 is 19.8 Å². The lowest BCUT2D eigenvalue weighted by molar-refractivity contribution is -0.154. The quantitative estimate of drug-likeness (QED) is 0.0233. The van der Waals surface area contributed by atoms with Crippen molar-refractivity contribution < 1.29 is 42.7 Å². The van der Waals surface area contributed by atoms with Crippen LogP contribution in [0.25, 0.3) is 0 Å². The number of hydrogen-bond donors (Lipinski definition) is 3. The number of carbonyl (C=O) groups is 2. The van der Waals surface area contributed by atoms with Crippen LogP contribution in [0.15, 0.2) is 85.1 Å². The van der Waals surface area contributed by atoms with Gasteiger partial charge < -0.3 is 25.2 Å². The van der Waals surface area contributed by atoms with Crippen LogP contribution in [0.3, 0.4) is 0 Å². The Morgan fingerprint density at radius 3 is 1.38 bits per heavy atom. The lowest BCUT2D eigenvalue weighted by Gasteiger charge is -2.20. The van der Waals surface area contributed by atoms with E-state index in [1.807, 2.05) is 0 Å². The first-order chi connectivity index (χ1) is 30.7. The summed E-state index contributed by atoms with van der Waals surface area (Å²) in [7, 11) is -4.63. The van der Waals surface area contributed by atoms with Gasteiger partial charge in [0.2, 0.25) is 0 Å². The summed E-state index contributed by atoms with van der Waals surface area (Å²) >= 11 is 0. The minimum absolute atomic E-state index is 0.00367. The zero-order chi connectivity index (χ0) is 46.2. The number of carbonyl (C=O) groups excluding carboxylic acids is 1. The van der Waals surface area contributed by atoms with Crippen molar-refractivity contribution in [2.45, 2.75) is 206 Å². The summed E-state index contributed by atoms with van der Waals surface area (Å²) in [6.07, 6.45) is 60.6. The summed E-state index contributed by atoms with van der Waals surface area (Å²) in [5.74, 6) is -1.80. The summed E-state index contributed by atoms with van der Waals surface area (Å²) in [6.45, 7) is 3.72. The van der Waals surface area contributed by atoms with Gasteiger partial charge in [-0.05, 0) is 89.9 Å². The van der Waals surface area contributed by atoms with Gasteiger partial charge in [-0.15, -0.1) is 0 Å². The highest BCUT2D eigenvalue weighted by molar-refractivity contribution is 7.47. The fourth-order valence-corrected chi connectivity index (χ4v) is 7.14. The Labute approximate surface area is 384 Å². The second-order valence-corrected chi connectivity index (χ2v) is 17.7. The molecule has 0 fully saturated rings. The van der Waals surface area contributed by atoms with E-state index in [-0.39, 0.29) is 13.0 Å². The molecule has 0 heterocycles. The van der Waals surface area contributed by atoms with Crippen molar-refractivity contribution >= 4 is 19.8 Å². The van der Waals surface area contributed by atoms with E-state index >= 15 is 0 Å². The number of carboxylic acid groups (broad SMARTS) is 1. The number of phosphoric acid groups is 1. The van der Waals surface area contributed by atoms with Crippen LogP contribution in [0.2, 0.25) is 0 Å². The van der Waals surface area contributed by atoms with Crippen LogP contribution in [-0.4, -0.2) is 60.5 Å². The average Bonchev–Trinajstić information content (AvgIpc) is 3.26. The molecule has 0 saturated heterocycles. The molecule has 10 nitrogen and oxygen atoms in total. The van der Waals surface area contributed by atoms with E-state index in [9.17, 15) is 19.0 Å². The van der Waals surface area contributed by atoms with Crippen LogP contribution in [0, 0.1) is 0 Å². The third kappa shape index (κ3) is 46.9. The predicted octanol–water partition coefficient (Wildman–Crippen LogP) is 14.3. The number of rotatable bonds is 46. The number of unbranched alkanes of at least 4 members (excludes halogenated alkanes) is 18. The van der Waals surface area contributed by atoms with Crippen LogP contribution in [0.1, 0.15) is 194 Å². The molecule has 3 atom stereocenters. The molecule has 0 aromatic heterocycles. The van der Waals surface area contributed by atoms with Gasteiger partial charge in [0.1, 0.15) is 12.1 Å². The van der Waals surface area contributed by atoms with Crippen LogP contribution < -0.4 is 5.73 Å². The van der Waals surface area contributed by atoms with Crippen molar-refractivity contribution in [3.8, 4) is 0 Å². The fourth-order valence-electron chi connectivity index (χ4n) is 6.37. The molecule has 3 unspecified atom stereocenters. The molecule has 63 heavy (non-hydrogen) atoms. The Kier molecular flexibility index (Phi) is 45.0. The molecule has 0 amide bonds. The van der Waals surface area contributed by atoms with E-state index in [0.717, 1.165) is 89.9 Å². The summed E-state index contributed by atoms with van der Waals surface area (Å²) in [5, 5.41) is 8.92. The first-order valence-corrected chi connectivity index (χ1v) is 26.1. The Bertz CT molecular complexity index is 1320. The minimum atomic E-state index is -4.63. The van der Waals surface area contributed by atoms with E-state index in [2.05, 4.69) is 98.9 Å². The monoisotopic (exact) mass is 904 g/mol. The smallest absolute Gasteiger partial charge is 0.472 e. The van der Waals surface area contributed by atoms with Gasteiger partial charge in [0.05, 0.1) is 19.8 Å². The molecule has 4 N–H and O–H groups in total. The standard InChI is InChI=1S/C52H90NO9P/c1-3-5-7-9-11-13-15-17-19-21-23-24-25-26-27-28-30-32-34-36-38-40-42-44-51(54)62-49(47-60-63(57,58)61-48-50(53)52(55)56)46-59-45-43-41-39-37-35-33-31-29-22-20-18-16-14-12-10-8-6-4-2/h5,7,11-14,17-20,23-24,26-27,49-50H,3-4,6,8-10,15-16,21-22,25,28-48,53H2,1-2H3,(H,55,56)(H,57,58)/b7-5-,13-11-,14-12-,19-17-,20-18-,24-23-,27-26-. The number of aliphatic carboxylic acids is 1. The van der Waals surface area contributed by atoms with Crippen LogP contribution >= 0.6 is 7.82 Å². The van der Waals surface area contributed by atoms with Crippen LogP contribution in [-0.2, 0) is 32.7 Å². The number of allylic oxidation sites excluding steroid dienone is 14. The van der Waals surface area contributed by atoms with Gasteiger partial charge in [-0.3, -0.25) is 18.6 Å². The zero-order valence-electron chi connectivity index (χ0n) is 39.6. The number of ether oxygens (including phenoxy) is 2. The van der Waals surface area contributed by atoms with Crippen molar-refractivity contribution in [3.05, 3.63) is 85.1 Å². The molecule has 0 aliphatic carbocycles. The Hall–Kier alpha value is -2.85. The number of esters is 1. The predicted molar refractivity (Wildman–Crippen MR) is 263 cm³/mol. The maximum atomic E-state index is 12.7. The van der Waals surface area contributed by atoms with Crippen molar-refractivity contribution in [1.82, 2.24) is 0 Å². The molecule has 11 heteroatoms. The third-order valence-electron chi connectivity index (χ3n) is 10.2. The molecule has 0 rings (SSSR count). The van der Waals surface area contributed by atoms with Gasteiger partial charge in [-0.2, -0.15) is 0 Å². The van der Waals surface area contributed by atoms with Crippen LogP contribution in [0.4, 0.5) is 0 Å². The molecule has 0 aromatic rings. The average molecular weight is 904 g/mol. The van der Waals surface area contributed by atoms with E-state index in [0.29, 0.717) is 13.0 Å². The fraction of sp³-hybridized carbons (Fsp3) is 0.692. The summed E-state index contributed by atoms with van der Waals surface area (Å²) < 4.78 is 33.5. The molecule has 0 aliphatic heterocycles. The maximum Gasteiger partial charge on any atom is 0.472 e. The van der Waals surface area contributed by atoms with Crippen molar-refractivity contribution in [1.29, 1.82) is 0 Å². The van der Waals surface area contributed by atoms with Gasteiger partial charge in [0.25, 0.3) is 0 Å². The lowest BCUT2D eigenvalue weighted by Crippen LogP contribution is -2.34. The molecule has 0 spiro atoms. The maximum absolute atomic E-state index is 12.7.